The van der Waals surface area contributed by atoms with Crippen LogP contribution >= 0.6 is 0 Å². The fraction of sp³-hybridized carbons (Fsp3) is 0.241. The van der Waals surface area contributed by atoms with Gasteiger partial charge in [0.15, 0.2) is 6.17 Å². The number of carboxylic acids is 1. The van der Waals surface area contributed by atoms with Crippen molar-refractivity contribution in [3.8, 4) is 5.75 Å². The van der Waals surface area contributed by atoms with Gasteiger partial charge in [-0.1, -0.05) is 29.8 Å². The molecule has 0 aliphatic carbocycles. The van der Waals surface area contributed by atoms with Crippen molar-refractivity contribution in [1.82, 2.24) is 15.1 Å². The van der Waals surface area contributed by atoms with Crippen LogP contribution in [0.3, 0.4) is 0 Å². The quantitative estimate of drug-likeness (QED) is 0.298. The van der Waals surface area contributed by atoms with Gasteiger partial charge in [-0.25, -0.2) is 0 Å². The van der Waals surface area contributed by atoms with Crippen LogP contribution in [0.4, 0.5) is 5.69 Å². The number of benzene rings is 3. The summed E-state index contributed by atoms with van der Waals surface area (Å²) in [7, 11) is 1.49. The molecule has 0 radical (unpaired) electrons. The van der Waals surface area contributed by atoms with Crippen LogP contribution in [0.1, 0.15) is 44.3 Å². The van der Waals surface area contributed by atoms with Crippen molar-refractivity contribution in [3.63, 3.8) is 0 Å². The number of hydrogen-bond donors (Lipinski definition) is 2. The maximum atomic E-state index is 13.8. The molecule has 2 unspecified atom stereocenters. The van der Waals surface area contributed by atoms with E-state index in [1.54, 1.807) is 36.4 Å². The predicted octanol–water partition coefficient (Wildman–Crippen LogP) is 3.17. The molecule has 0 aromatic heterocycles. The van der Waals surface area contributed by atoms with E-state index in [4.69, 9.17) is 4.74 Å². The highest BCUT2D eigenvalue weighted by molar-refractivity contribution is 6.02. The minimum absolute atomic E-state index is 0.0426. The number of ether oxygens (including phenoxy) is 1. The van der Waals surface area contributed by atoms with E-state index in [0.717, 1.165) is 5.56 Å². The van der Waals surface area contributed by atoms with Gasteiger partial charge in [0.05, 0.1) is 24.5 Å². The number of carbonyl (C=O) groups is 4. The minimum Gasteiger partial charge on any atom is -0.497 e. The van der Waals surface area contributed by atoms with Crippen LogP contribution in [0, 0.1) is 17.0 Å². The van der Waals surface area contributed by atoms with Gasteiger partial charge in [-0.2, -0.15) is 0 Å². The van der Waals surface area contributed by atoms with E-state index in [-0.39, 0.29) is 29.9 Å². The lowest BCUT2D eigenvalue weighted by Crippen LogP contribution is -2.54. The number of aliphatic carboxylic acids is 1. The smallest absolute Gasteiger partial charge is 0.305 e. The number of nitro groups is 1. The number of non-ortho nitro benzene ring substituents is 1. The van der Waals surface area contributed by atoms with Crippen molar-refractivity contribution in [2.45, 2.75) is 25.6 Å². The van der Waals surface area contributed by atoms with Crippen molar-refractivity contribution in [2.24, 2.45) is 0 Å². The van der Waals surface area contributed by atoms with Crippen molar-refractivity contribution in [2.75, 3.05) is 20.2 Å². The Labute approximate surface area is 235 Å². The number of carboxylic acid groups (broad SMARTS) is 1. The van der Waals surface area contributed by atoms with Gasteiger partial charge in [0.25, 0.3) is 23.4 Å². The first kappa shape index (κ1) is 28.7. The topological polar surface area (TPSA) is 159 Å². The first-order valence-electron chi connectivity index (χ1n) is 12.7. The normalized spacial score (nSPS) is 15.2. The van der Waals surface area contributed by atoms with Crippen molar-refractivity contribution in [1.29, 1.82) is 0 Å². The van der Waals surface area contributed by atoms with E-state index in [2.05, 4.69) is 5.32 Å². The van der Waals surface area contributed by atoms with Crippen molar-refractivity contribution in [3.05, 3.63) is 105 Å². The molecular formula is C29H28N4O8. The third-order valence-electron chi connectivity index (χ3n) is 6.74. The van der Waals surface area contributed by atoms with E-state index < -0.39 is 47.2 Å². The number of aryl methyl sites for hydroxylation is 1. The molecule has 0 bridgehead atoms. The molecule has 212 valence electrons. The largest absolute Gasteiger partial charge is 0.497 e. The highest BCUT2D eigenvalue weighted by atomic mass is 16.6. The Morgan fingerprint density at radius 1 is 0.976 bits per heavy atom. The van der Waals surface area contributed by atoms with Crippen LogP contribution in [0.5, 0.6) is 5.75 Å². The zero-order valence-electron chi connectivity index (χ0n) is 22.4. The molecule has 4 rings (SSSR count). The summed E-state index contributed by atoms with van der Waals surface area (Å²) in [5.74, 6) is -2.53. The molecular weight excluding hydrogens is 532 g/mol. The number of nitro benzene ring substituents is 1. The fourth-order valence-corrected chi connectivity index (χ4v) is 4.63. The van der Waals surface area contributed by atoms with Crippen LogP contribution in [-0.2, 0) is 9.59 Å². The van der Waals surface area contributed by atoms with Crippen LogP contribution < -0.4 is 10.1 Å². The van der Waals surface area contributed by atoms with Gasteiger partial charge >= 0.3 is 5.97 Å². The zero-order chi connectivity index (χ0) is 29.7. The Balaban J connectivity index is 1.69. The number of rotatable bonds is 9. The summed E-state index contributed by atoms with van der Waals surface area (Å²) in [6, 6.07) is 17.1. The van der Waals surface area contributed by atoms with Gasteiger partial charge < -0.3 is 25.0 Å². The summed E-state index contributed by atoms with van der Waals surface area (Å²) < 4.78 is 5.15. The standard InChI is InChI=1S/C29H28N4O8/c1-18-6-8-19(9-7-18)28(37)31-14-15-32(29(38)20-10-12-23(41-2)13-11-20)27(31)26(36)30-24(17-25(34)35)21-4-3-5-22(16-21)33(39)40/h3-13,16,24,27H,14-15,17H2,1-2H3,(H,30,36)(H,34,35). The van der Waals surface area contributed by atoms with Crippen LogP contribution in [0.2, 0.25) is 0 Å². The zero-order valence-corrected chi connectivity index (χ0v) is 22.4. The summed E-state index contributed by atoms with van der Waals surface area (Å²) >= 11 is 0. The molecule has 3 aromatic carbocycles. The number of methoxy groups -OCH3 is 1. The van der Waals surface area contributed by atoms with Crippen molar-refractivity contribution >= 4 is 29.4 Å². The molecule has 1 fully saturated rings. The van der Waals surface area contributed by atoms with Gasteiger partial charge in [0.1, 0.15) is 5.75 Å². The Morgan fingerprint density at radius 2 is 1.54 bits per heavy atom. The number of amides is 3. The summed E-state index contributed by atoms with van der Waals surface area (Å²) in [6.45, 7) is 1.96. The van der Waals surface area contributed by atoms with E-state index in [0.29, 0.717) is 11.3 Å². The Hall–Kier alpha value is -5.26. The molecule has 2 N–H and O–H groups in total. The Kier molecular flexibility index (Phi) is 8.61. The molecule has 1 aliphatic rings. The number of nitrogens with one attached hydrogen (secondary N) is 1. The first-order chi connectivity index (χ1) is 19.6. The van der Waals surface area contributed by atoms with Gasteiger partial charge in [-0.05, 0) is 48.9 Å². The molecule has 41 heavy (non-hydrogen) atoms. The lowest BCUT2D eigenvalue weighted by molar-refractivity contribution is -0.384. The van der Waals surface area contributed by atoms with Gasteiger partial charge in [-0.15, -0.1) is 0 Å². The lowest BCUT2D eigenvalue weighted by Gasteiger charge is -2.31. The van der Waals surface area contributed by atoms with Crippen LogP contribution in [0.25, 0.3) is 0 Å². The molecule has 3 amide bonds. The second kappa shape index (κ2) is 12.3. The third-order valence-corrected chi connectivity index (χ3v) is 6.74. The third kappa shape index (κ3) is 6.49. The lowest BCUT2D eigenvalue weighted by atomic mass is 10.0. The van der Waals surface area contributed by atoms with Gasteiger partial charge in [0.2, 0.25) is 0 Å². The second-order valence-electron chi connectivity index (χ2n) is 9.48. The molecule has 1 heterocycles. The first-order valence-corrected chi connectivity index (χ1v) is 12.7. The molecule has 3 aromatic rings. The number of nitrogens with zero attached hydrogens (tertiary/aromatic N) is 3. The molecule has 12 nitrogen and oxygen atoms in total. The summed E-state index contributed by atoms with van der Waals surface area (Å²) in [5.41, 5.74) is 1.42. The van der Waals surface area contributed by atoms with E-state index in [1.807, 2.05) is 6.92 Å². The fourth-order valence-electron chi connectivity index (χ4n) is 4.63. The average molecular weight is 561 g/mol. The summed E-state index contributed by atoms with van der Waals surface area (Å²) in [4.78, 5) is 65.8. The second-order valence-corrected chi connectivity index (χ2v) is 9.48. The molecule has 1 saturated heterocycles. The molecule has 0 saturated carbocycles. The highest BCUT2D eigenvalue weighted by Gasteiger charge is 2.44. The van der Waals surface area contributed by atoms with Gasteiger partial charge in [-0.3, -0.25) is 29.3 Å². The predicted molar refractivity (Wildman–Crippen MR) is 146 cm³/mol. The maximum absolute atomic E-state index is 13.8. The van der Waals surface area contributed by atoms with Crippen LogP contribution in [0.15, 0.2) is 72.8 Å². The van der Waals surface area contributed by atoms with E-state index >= 15 is 0 Å². The Bertz CT molecular complexity index is 1470. The highest BCUT2D eigenvalue weighted by Crippen LogP contribution is 2.26. The SMILES string of the molecule is COc1ccc(C(=O)N2CCN(C(=O)c3ccc(C)cc3)C2C(=O)NC(CC(=O)O)c2cccc([N+](=O)[O-])c2)cc1. The molecule has 12 heteroatoms. The molecule has 2 atom stereocenters. The molecule has 1 aliphatic heterocycles. The molecule has 0 spiro atoms. The Morgan fingerprint density at radius 3 is 2.05 bits per heavy atom. The number of carbonyl (C=O) groups excluding carboxylic acids is 3. The minimum atomic E-state index is -1.41. The summed E-state index contributed by atoms with van der Waals surface area (Å²) in [6.07, 6.45) is -1.99. The number of hydrogen-bond acceptors (Lipinski definition) is 7. The van der Waals surface area contributed by atoms with E-state index in [9.17, 15) is 34.4 Å². The average Bonchev–Trinajstić information content (AvgIpc) is 3.42. The van der Waals surface area contributed by atoms with E-state index in [1.165, 1.54) is 53.3 Å². The van der Waals surface area contributed by atoms with Gasteiger partial charge in [0, 0.05) is 36.3 Å². The summed E-state index contributed by atoms with van der Waals surface area (Å²) in [5, 5.41) is 23.4. The monoisotopic (exact) mass is 560 g/mol. The van der Waals surface area contributed by atoms with Crippen LogP contribution in [-0.4, -0.2) is 69.9 Å². The maximum Gasteiger partial charge on any atom is 0.305 e. The van der Waals surface area contributed by atoms with Crippen molar-refractivity contribution < 1.29 is 33.9 Å².